The van der Waals surface area contributed by atoms with Gasteiger partial charge >= 0.3 is 0 Å². The monoisotopic (exact) mass is 410 g/mol. The number of likely N-dealkylation sites (N-methyl/N-ethyl adjacent to an activating group) is 1. The summed E-state index contributed by atoms with van der Waals surface area (Å²) >= 11 is 0. The van der Waals surface area contributed by atoms with Gasteiger partial charge in [-0.25, -0.2) is 0 Å². The first-order valence-electron chi connectivity index (χ1n) is 11.2. The van der Waals surface area contributed by atoms with E-state index in [0.29, 0.717) is 0 Å². The molecule has 1 fully saturated rings. The molecule has 0 spiro atoms. The Bertz CT molecular complexity index is 812. The van der Waals surface area contributed by atoms with Crippen LogP contribution in [0, 0.1) is 5.92 Å². The maximum absolute atomic E-state index is 12.9. The number of rotatable bonds is 10. The molecule has 1 aliphatic rings. The van der Waals surface area contributed by atoms with Crippen LogP contribution in [0.3, 0.4) is 0 Å². The quantitative estimate of drug-likeness (QED) is 0.582. The number of unbranched alkanes of at least 4 members (excludes halogenated alkanes) is 2. The van der Waals surface area contributed by atoms with Gasteiger partial charge in [0.1, 0.15) is 6.04 Å². The molecule has 0 saturated heterocycles. The SMILES string of the molecule is CC(=O)NC(C(=O)N(C)CCCCCc1cc(-c2ccccc2)n[nH]1)C1CCCC1. The summed E-state index contributed by atoms with van der Waals surface area (Å²) in [7, 11) is 1.85. The van der Waals surface area contributed by atoms with E-state index in [1.54, 1.807) is 4.90 Å². The Labute approximate surface area is 179 Å². The normalized spacial score (nSPS) is 15.1. The van der Waals surface area contributed by atoms with E-state index in [4.69, 9.17) is 0 Å². The molecule has 3 rings (SSSR count). The van der Waals surface area contributed by atoms with Gasteiger partial charge in [0.25, 0.3) is 0 Å². The number of nitrogens with one attached hydrogen (secondary N) is 2. The molecule has 2 amide bonds. The summed E-state index contributed by atoms with van der Waals surface area (Å²) in [5.41, 5.74) is 3.24. The predicted octanol–water partition coefficient (Wildman–Crippen LogP) is 3.94. The van der Waals surface area contributed by atoms with Crippen molar-refractivity contribution in [1.82, 2.24) is 20.4 Å². The molecule has 30 heavy (non-hydrogen) atoms. The Hall–Kier alpha value is -2.63. The van der Waals surface area contributed by atoms with Crippen molar-refractivity contribution in [3.63, 3.8) is 0 Å². The number of carbonyl (C=O) groups excluding carboxylic acids is 2. The average Bonchev–Trinajstić information content (AvgIpc) is 3.44. The van der Waals surface area contributed by atoms with Gasteiger partial charge in [-0.1, -0.05) is 49.6 Å². The first-order chi connectivity index (χ1) is 14.5. The van der Waals surface area contributed by atoms with Crippen molar-refractivity contribution >= 4 is 11.8 Å². The highest BCUT2D eigenvalue weighted by molar-refractivity contribution is 5.87. The summed E-state index contributed by atoms with van der Waals surface area (Å²) < 4.78 is 0. The van der Waals surface area contributed by atoms with E-state index in [2.05, 4.69) is 33.7 Å². The van der Waals surface area contributed by atoms with Crippen LogP contribution in [0.1, 0.15) is 57.6 Å². The van der Waals surface area contributed by atoms with Crippen molar-refractivity contribution in [1.29, 1.82) is 0 Å². The summed E-state index contributed by atoms with van der Waals surface area (Å²) in [6, 6.07) is 11.9. The maximum atomic E-state index is 12.9. The van der Waals surface area contributed by atoms with Crippen LogP contribution >= 0.6 is 0 Å². The number of nitrogens with zero attached hydrogens (tertiary/aromatic N) is 2. The molecule has 162 valence electrons. The fourth-order valence-electron chi connectivity index (χ4n) is 4.33. The molecule has 1 aliphatic carbocycles. The van der Waals surface area contributed by atoms with Crippen molar-refractivity contribution in [3.8, 4) is 11.3 Å². The van der Waals surface area contributed by atoms with E-state index in [9.17, 15) is 9.59 Å². The lowest BCUT2D eigenvalue weighted by Crippen LogP contribution is -2.50. The average molecular weight is 411 g/mol. The second-order valence-corrected chi connectivity index (χ2v) is 8.44. The van der Waals surface area contributed by atoms with Gasteiger partial charge in [-0.05, 0) is 44.1 Å². The smallest absolute Gasteiger partial charge is 0.245 e. The topological polar surface area (TPSA) is 78.1 Å². The molecule has 0 aliphatic heterocycles. The van der Waals surface area contributed by atoms with Crippen LogP contribution in [-0.4, -0.2) is 46.5 Å². The van der Waals surface area contributed by atoms with E-state index in [0.717, 1.165) is 74.9 Å². The van der Waals surface area contributed by atoms with Gasteiger partial charge in [0.2, 0.25) is 11.8 Å². The summed E-state index contributed by atoms with van der Waals surface area (Å²) in [4.78, 5) is 26.3. The fourth-order valence-corrected chi connectivity index (χ4v) is 4.33. The van der Waals surface area contributed by atoms with Gasteiger partial charge in [0, 0.05) is 31.8 Å². The molecule has 1 saturated carbocycles. The highest BCUT2D eigenvalue weighted by atomic mass is 16.2. The van der Waals surface area contributed by atoms with Crippen molar-refractivity contribution in [2.45, 2.75) is 64.3 Å². The van der Waals surface area contributed by atoms with Gasteiger partial charge in [-0.2, -0.15) is 5.10 Å². The van der Waals surface area contributed by atoms with E-state index in [1.807, 2.05) is 25.2 Å². The van der Waals surface area contributed by atoms with Crippen LogP contribution in [0.4, 0.5) is 0 Å². The third-order valence-corrected chi connectivity index (χ3v) is 6.01. The first kappa shape index (κ1) is 22.1. The number of hydrogen-bond donors (Lipinski definition) is 2. The molecule has 0 radical (unpaired) electrons. The van der Waals surface area contributed by atoms with Crippen LogP contribution in [0.5, 0.6) is 0 Å². The molecule has 2 N–H and O–H groups in total. The highest BCUT2D eigenvalue weighted by Crippen LogP contribution is 2.28. The largest absolute Gasteiger partial charge is 0.344 e. The molecular weight excluding hydrogens is 376 g/mol. The number of hydrogen-bond acceptors (Lipinski definition) is 3. The van der Waals surface area contributed by atoms with E-state index in [1.165, 1.54) is 6.92 Å². The molecule has 2 aromatic rings. The number of aromatic nitrogens is 2. The Morgan fingerprint density at radius 2 is 1.90 bits per heavy atom. The summed E-state index contributed by atoms with van der Waals surface area (Å²) in [6.07, 6.45) is 8.36. The van der Waals surface area contributed by atoms with E-state index in [-0.39, 0.29) is 23.8 Å². The molecule has 6 heteroatoms. The molecule has 1 atom stereocenters. The van der Waals surface area contributed by atoms with Crippen molar-refractivity contribution in [2.75, 3.05) is 13.6 Å². The minimum Gasteiger partial charge on any atom is -0.344 e. The zero-order valence-electron chi connectivity index (χ0n) is 18.2. The first-order valence-corrected chi connectivity index (χ1v) is 11.2. The minimum atomic E-state index is -0.364. The zero-order valence-corrected chi connectivity index (χ0v) is 18.2. The number of benzene rings is 1. The molecule has 0 bridgehead atoms. The number of aromatic amines is 1. The number of aryl methyl sites for hydroxylation is 1. The second kappa shape index (κ2) is 11.0. The predicted molar refractivity (Wildman–Crippen MR) is 119 cm³/mol. The van der Waals surface area contributed by atoms with Crippen LogP contribution in [-0.2, 0) is 16.0 Å². The van der Waals surface area contributed by atoms with Gasteiger partial charge in [0.15, 0.2) is 0 Å². The van der Waals surface area contributed by atoms with E-state index < -0.39 is 0 Å². The summed E-state index contributed by atoms with van der Waals surface area (Å²) in [5.74, 6) is 0.212. The second-order valence-electron chi connectivity index (χ2n) is 8.44. The third kappa shape index (κ3) is 6.18. The highest BCUT2D eigenvalue weighted by Gasteiger charge is 2.32. The van der Waals surface area contributed by atoms with Crippen LogP contribution < -0.4 is 5.32 Å². The van der Waals surface area contributed by atoms with E-state index >= 15 is 0 Å². The van der Waals surface area contributed by atoms with Crippen LogP contribution in [0.15, 0.2) is 36.4 Å². The van der Waals surface area contributed by atoms with Gasteiger partial charge < -0.3 is 10.2 Å². The van der Waals surface area contributed by atoms with Crippen LogP contribution in [0.2, 0.25) is 0 Å². The fraction of sp³-hybridized carbons (Fsp3) is 0.542. The summed E-state index contributed by atoms with van der Waals surface area (Å²) in [5, 5.41) is 10.4. The Morgan fingerprint density at radius 1 is 1.17 bits per heavy atom. The lowest BCUT2D eigenvalue weighted by Gasteiger charge is -2.28. The van der Waals surface area contributed by atoms with Crippen LogP contribution in [0.25, 0.3) is 11.3 Å². The van der Waals surface area contributed by atoms with Crippen molar-refractivity contribution in [3.05, 3.63) is 42.1 Å². The molecule has 1 unspecified atom stereocenters. The Kier molecular flexibility index (Phi) is 8.05. The van der Waals surface area contributed by atoms with Crippen molar-refractivity contribution in [2.24, 2.45) is 5.92 Å². The number of H-pyrrole nitrogens is 1. The molecule has 1 aromatic heterocycles. The minimum absolute atomic E-state index is 0.0539. The molecular formula is C24H34N4O2. The molecule has 6 nitrogen and oxygen atoms in total. The molecule has 1 heterocycles. The Morgan fingerprint density at radius 3 is 2.60 bits per heavy atom. The lowest BCUT2D eigenvalue weighted by molar-refractivity contribution is -0.136. The maximum Gasteiger partial charge on any atom is 0.245 e. The number of carbonyl (C=O) groups is 2. The van der Waals surface area contributed by atoms with Gasteiger partial charge in [-0.15, -0.1) is 0 Å². The van der Waals surface area contributed by atoms with Gasteiger partial charge in [0.05, 0.1) is 5.69 Å². The Balaban J connectivity index is 1.39. The third-order valence-electron chi connectivity index (χ3n) is 6.01. The van der Waals surface area contributed by atoms with Crippen molar-refractivity contribution < 1.29 is 9.59 Å². The van der Waals surface area contributed by atoms with Gasteiger partial charge in [-0.3, -0.25) is 14.7 Å². The zero-order chi connectivity index (χ0) is 21.3. The summed E-state index contributed by atoms with van der Waals surface area (Å²) in [6.45, 7) is 2.22. The standard InChI is InChI=1S/C24H34N4O2/c1-18(29)25-23(20-13-8-9-14-20)24(30)28(2)16-10-4-7-15-21-17-22(27-26-21)19-11-5-3-6-12-19/h3,5-6,11-12,17,20,23H,4,7-10,13-16H2,1-2H3,(H,25,29)(H,26,27). The lowest BCUT2D eigenvalue weighted by atomic mass is 9.96. The molecule has 1 aromatic carbocycles. The number of amides is 2.